The molecule has 0 atom stereocenters. The monoisotopic (exact) mass is 306 g/mol. The van der Waals surface area contributed by atoms with E-state index in [9.17, 15) is 14.7 Å². The second-order valence-corrected chi connectivity index (χ2v) is 5.12. The fourth-order valence-electron chi connectivity index (χ4n) is 1.75. The molecule has 110 valence electrons. The number of hydrogen-bond donors (Lipinski definition) is 1. The summed E-state index contributed by atoms with van der Waals surface area (Å²) in [6, 6.07) is 1.77. The van der Waals surface area contributed by atoms with E-state index in [1.165, 1.54) is 18.0 Å². The Balaban J connectivity index is 2.22. The number of anilines is 1. The number of nitrogens with zero attached hydrogens (tertiary/aromatic N) is 4. The summed E-state index contributed by atoms with van der Waals surface area (Å²) >= 11 is 0.990. The third kappa shape index (κ3) is 3.00. The van der Waals surface area contributed by atoms with E-state index >= 15 is 0 Å². The molecule has 2 heterocycles. The lowest BCUT2D eigenvalue weighted by atomic mass is 10.2. The molecule has 0 unspecified atom stereocenters. The zero-order valence-corrected chi connectivity index (χ0v) is 12.6. The van der Waals surface area contributed by atoms with Gasteiger partial charge in [0.15, 0.2) is 0 Å². The van der Waals surface area contributed by atoms with Gasteiger partial charge in [-0.05, 0) is 30.6 Å². The SMILES string of the molecule is Cc1nsc(N(C)C(=O)C=Cc2ccnn2C)c1C(=O)O. The fourth-order valence-corrected chi connectivity index (χ4v) is 2.60. The van der Waals surface area contributed by atoms with E-state index in [1.807, 2.05) is 0 Å². The molecule has 0 fully saturated rings. The molecule has 2 aromatic rings. The highest BCUT2D eigenvalue weighted by atomic mass is 32.1. The van der Waals surface area contributed by atoms with Crippen molar-refractivity contribution in [3.05, 3.63) is 35.3 Å². The second kappa shape index (κ2) is 5.88. The van der Waals surface area contributed by atoms with E-state index in [1.54, 1.807) is 37.0 Å². The molecule has 0 aliphatic carbocycles. The minimum absolute atomic E-state index is 0.0600. The Bertz CT molecular complexity index is 717. The van der Waals surface area contributed by atoms with Crippen LogP contribution in [-0.4, -0.2) is 38.2 Å². The predicted octanol–water partition coefficient (Wildman–Crippen LogP) is 1.56. The van der Waals surface area contributed by atoms with Gasteiger partial charge in [-0.2, -0.15) is 9.47 Å². The lowest BCUT2D eigenvalue weighted by molar-refractivity contribution is -0.113. The van der Waals surface area contributed by atoms with Gasteiger partial charge in [0.1, 0.15) is 10.6 Å². The summed E-state index contributed by atoms with van der Waals surface area (Å²) < 4.78 is 5.62. The minimum atomic E-state index is -1.09. The number of aromatic nitrogens is 3. The minimum Gasteiger partial charge on any atom is -0.478 e. The van der Waals surface area contributed by atoms with Gasteiger partial charge in [0.05, 0.1) is 11.4 Å². The number of carboxylic acids is 1. The molecule has 0 bridgehead atoms. The molecule has 1 N–H and O–H groups in total. The summed E-state index contributed by atoms with van der Waals surface area (Å²) in [5.41, 5.74) is 1.23. The molecule has 0 spiro atoms. The average Bonchev–Trinajstić information content (AvgIpc) is 3.01. The number of rotatable bonds is 4. The standard InChI is InChI=1S/C13H14N4O3S/c1-8-11(13(19)20)12(21-15-8)16(2)10(18)5-4-9-6-7-14-17(9)3/h4-7H,1-3H3,(H,19,20). The molecule has 0 saturated heterocycles. The normalized spacial score (nSPS) is 11.0. The molecule has 0 saturated carbocycles. The number of aromatic carboxylic acids is 1. The molecule has 21 heavy (non-hydrogen) atoms. The number of carboxylic acid groups (broad SMARTS) is 1. The molecule has 0 aromatic carbocycles. The highest BCUT2D eigenvalue weighted by Crippen LogP contribution is 2.28. The van der Waals surface area contributed by atoms with Gasteiger partial charge in [-0.3, -0.25) is 9.48 Å². The Kier molecular flexibility index (Phi) is 4.18. The van der Waals surface area contributed by atoms with Crippen molar-refractivity contribution in [1.29, 1.82) is 0 Å². The van der Waals surface area contributed by atoms with Crippen molar-refractivity contribution in [3.63, 3.8) is 0 Å². The zero-order valence-electron chi connectivity index (χ0n) is 11.8. The van der Waals surface area contributed by atoms with Crippen molar-refractivity contribution in [2.45, 2.75) is 6.92 Å². The van der Waals surface area contributed by atoms with Crippen LogP contribution in [0.2, 0.25) is 0 Å². The first-order chi connectivity index (χ1) is 9.91. The molecule has 0 aliphatic rings. The summed E-state index contributed by atoms with van der Waals surface area (Å²) in [5, 5.41) is 13.5. The van der Waals surface area contributed by atoms with E-state index in [0.717, 1.165) is 17.2 Å². The first-order valence-electron chi connectivity index (χ1n) is 6.05. The van der Waals surface area contributed by atoms with Crippen LogP contribution in [0.3, 0.4) is 0 Å². The van der Waals surface area contributed by atoms with Crippen LogP contribution in [-0.2, 0) is 11.8 Å². The summed E-state index contributed by atoms with van der Waals surface area (Å²) in [6.45, 7) is 1.60. The van der Waals surface area contributed by atoms with Crippen LogP contribution in [0.1, 0.15) is 21.7 Å². The quantitative estimate of drug-likeness (QED) is 0.866. The third-order valence-electron chi connectivity index (χ3n) is 2.95. The molecule has 2 rings (SSSR count). The molecule has 0 radical (unpaired) electrons. The van der Waals surface area contributed by atoms with E-state index in [2.05, 4.69) is 9.47 Å². The summed E-state index contributed by atoms with van der Waals surface area (Å²) in [7, 11) is 3.29. The summed E-state index contributed by atoms with van der Waals surface area (Å²) in [6.07, 6.45) is 4.63. The van der Waals surface area contributed by atoms with Crippen LogP contribution < -0.4 is 4.90 Å². The highest BCUT2D eigenvalue weighted by molar-refractivity contribution is 7.11. The molecule has 0 aliphatic heterocycles. The highest BCUT2D eigenvalue weighted by Gasteiger charge is 2.22. The third-order valence-corrected chi connectivity index (χ3v) is 3.97. The molecule has 7 nitrogen and oxygen atoms in total. The summed E-state index contributed by atoms with van der Waals surface area (Å²) in [4.78, 5) is 24.6. The van der Waals surface area contributed by atoms with Gasteiger partial charge in [-0.25, -0.2) is 4.79 Å². The van der Waals surface area contributed by atoms with E-state index in [-0.39, 0.29) is 11.5 Å². The van der Waals surface area contributed by atoms with Crippen LogP contribution >= 0.6 is 11.5 Å². The van der Waals surface area contributed by atoms with Gasteiger partial charge >= 0.3 is 5.97 Å². The van der Waals surface area contributed by atoms with Gasteiger partial charge in [0.25, 0.3) is 5.91 Å². The van der Waals surface area contributed by atoms with Crippen molar-refractivity contribution in [2.75, 3.05) is 11.9 Å². The van der Waals surface area contributed by atoms with Gasteiger partial charge in [-0.15, -0.1) is 0 Å². The van der Waals surface area contributed by atoms with Crippen LogP contribution in [0, 0.1) is 6.92 Å². The maximum absolute atomic E-state index is 12.1. The topological polar surface area (TPSA) is 88.3 Å². The Morgan fingerprint density at radius 2 is 2.19 bits per heavy atom. The van der Waals surface area contributed by atoms with Gasteiger partial charge in [0.2, 0.25) is 0 Å². The van der Waals surface area contributed by atoms with Crippen LogP contribution in [0.4, 0.5) is 5.00 Å². The number of likely N-dealkylation sites (N-methyl/N-ethyl adjacent to an activating group) is 1. The van der Waals surface area contributed by atoms with Crippen LogP contribution in [0.25, 0.3) is 6.08 Å². The van der Waals surface area contributed by atoms with Crippen molar-refractivity contribution in [2.24, 2.45) is 7.05 Å². The second-order valence-electron chi connectivity index (χ2n) is 4.36. The molecule has 2 aromatic heterocycles. The van der Waals surface area contributed by atoms with Crippen LogP contribution in [0.5, 0.6) is 0 Å². The van der Waals surface area contributed by atoms with Crippen molar-refractivity contribution >= 4 is 34.5 Å². The van der Waals surface area contributed by atoms with Crippen LogP contribution in [0.15, 0.2) is 18.3 Å². The fraction of sp³-hybridized carbons (Fsp3) is 0.231. The maximum Gasteiger partial charge on any atom is 0.340 e. The average molecular weight is 306 g/mol. The number of aryl methyl sites for hydroxylation is 2. The predicted molar refractivity (Wildman–Crippen MR) is 79.5 cm³/mol. The van der Waals surface area contributed by atoms with Gasteiger partial charge in [0, 0.05) is 26.4 Å². The Morgan fingerprint density at radius 1 is 1.48 bits per heavy atom. The molecule has 1 amide bonds. The molecule has 8 heteroatoms. The zero-order chi connectivity index (χ0) is 15.6. The Labute approximate surface area is 125 Å². The van der Waals surface area contributed by atoms with Gasteiger partial charge in [-0.1, -0.05) is 0 Å². The van der Waals surface area contributed by atoms with Crippen molar-refractivity contribution in [1.82, 2.24) is 14.2 Å². The maximum atomic E-state index is 12.1. The Hall–Kier alpha value is -2.48. The van der Waals surface area contributed by atoms with Crippen molar-refractivity contribution in [3.8, 4) is 0 Å². The first-order valence-corrected chi connectivity index (χ1v) is 6.82. The van der Waals surface area contributed by atoms with E-state index in [4.69, 9.17) is 0 Å². The van der Waals surface area contributed by atoms with E-state index < -0.39 is 5.97 Å². The first kappa shape index (κ1) is 14.9. The largest absolute Gasteiger partial charge is 0.478 e. The number of carbonyl (C=O) groups excluding carboxylic acids is 1. The smallest absolute Gasteiger partial charge is 0.340 e. The Morgan fingerprint density at radius 3 is 2.76 bits per heavy atom. The van der Waals surface area contributed by atoms with Gasteiger partial charge < -0.3 is 10.0 Å². The lowest BCUT2D eigenvalue weighted by Gasteiger charge is -2.13. The number of hydrogen-bond acceptors (Lipinski definition) is 5. The molecular weight excluding hydrogens is 292 g/mol. The van der Waals surface area contributed by atoms with Crippen molar-refractivity contribution < 1.29 is 14.7 Å². The summed E-state index contributed by atoms with van der Waals surface area (Å²) in [5.74, 6) is -1.42. The molecular formula is C13H14N4O3S. The lowest BCUT2D eigenvalue weighted by Crippen LogP contribution is -2.24. The number of amides is 1. The number of carbonyl (C=O) groups is 2. The van der Waals surface area contributed by atoms with E-state index in [0.29, 0.717) is 10.7 Å².